The molecule has 0 aromatic rings. The Morgan fingerprint density at radius 3 is 2.33 bits per heavy atom. The quantitative estimate of drug-likeness (QED) is 0.703. The number of hydrogen-bond donors (Lipinski definition) is 0. The summed E-state index contributed by atoms with van der Waals surface area (Å²) >= 11 is 0. The first kappa shape index (κ1) is 12.8. The van der Waals surface area contributed by atoms with E-state index in [2.05, 4.69) is 4.18 Å². The summed E-state index contributed by atoms with van der Waals surface area (Å²) in [6.45, 7) is 3.01. The molecule has 0 spiro atoms. The van der Waals surface area contributed by atoms with E-state index in [1.807, 2.05) is 0 Å². The molecule has 7 heteroatoms. The summed E-state index contributed by atoms with van der Waals surface area (Å²) in [4.78, 5) is 0. The van der Waals surface area contributed by atoms with Crippen molar-refractivity contribution in [2.24, 2.45) is 5.92 Å². The Morgan fingerprint density at radius 2 is 2.00 bits per heavy atom. The van der Waals surface area contributed by atoms with Crippen LogP contribution in [-0.4, -0.2) is 33.0 Å². The van der Waals surface area contributed by atoms with Crippen LogP contribution < -0.4 is 0 Å². The molecule has 1 aliphatic heterocycles. The highest BCUT2D eigenvalue weighted by Crippen LogP contribution is 2.42. The van der Waals surface area contributed by atoms with Crippen LogP contribution in [0, 0.1) is 5.92 Å². The lowest BCUT2D eigenvalue weighted by Crippen LogP contribution is -2.36. The third-order valence-electron chi connectivity index (χ3n) is 2.44. The summed E-state index contributed by atoms with van der Waals surface area (Å²) in [6.07, 6.45) is -1.56. The molecule has 3 atom stereocenters. The number of halogens is 2. The molecule has 1 rings (SSSR count). The maximum Gasteiger partial charge on any atom is 0.304 e. The molecule has 0 aromatic carbocycles. The van der Waals surface area contributed by atoms with Gasteiger partial charge in [0.25, 0.3) is 10.1 Å². The summed E-state index contributed by atoms with van der Waals surface area (Å²) in [5, 5.41) is 0. The van der Waals surface area contributed by atoms with Crippen molar-refractivity contribution in [2.75, 3.05) is 6.26 Å². The molecule has 1 saturated heterocycles. The Labute approximate surface area is 87.7 Å². The van der Waals surface area contributed by atoms with E-state index in [1.54, 1.807) is 6.92 Å². The molecule has 1 heterocycles. The first-order valence-electron chi connectivity index (χ1n) is 4.60. The zero-order valence-electron chi connectivity index (χ0n) is 8.74. The molecule has 0 amide bonds. The summed E-state index contributed by atoms with van der Waals surface area (Å²) in [5.74, 6) is -4.32. The maximum absolute atomic E-state index is 13.5. The third-order valence-corrected chi connectivity index (χ3v) is 2.97. The third kappa shape index (κ3) is 2.64. The second-order valence-electron chi connectivity index (χ2n) is 3.68. The van der Waals surface area contributed by atoms with E-state index in [0.29, 0.717) is 6.42 Å². The fourth-order valence-corrected chi connectivity index (χ4v) is 2.02. The van der Waals surface area contributed by atoms with Crippen molar-refractivity contribution < 1.29 is 26.1 Å². The fraction of sp³-hybridized carbons (Fsp3) is 1.00. The van der Waals surface area contributed by atoms with Crippen molar-refractivity contribution in [2.45, 2.75) is 38.6 Å². The van der Waals surface area contributed by atoms with Gasteiger partial charge in [0.2, 0.25) is 6.29 Å². The Bertz CT molecular complexity index is 328. The van der Waals surface area contributed by atoms with Gasteiger partial charge < -0.3 is 4.74 Å². The first-order chi connectivity index (χ1) is 6.68. The van der Waals surface area contributed by atoms with Gasteiger partial charge in [-0.2, -0.15) is 8.42 Å². The molecule has 15 heavy (non-hydrogen) atoms. The summed E-state index contributed by atoms with van der Waals surface area (Å²) in [6, 6.07) is 0. The van der Waals surface area contributed by atoms with Crippen molar-refractivity contribution in [1.29, 1.82) is 0 Å². The number of alkyl halides is 2. The van der Waals surface area contributed by atoms with Crippen LogP contribution in [0.3, 0.4) is 0 Å². The highest BCUT2D eigenvalue weighted by Gasteiger charge is 2.57. The summed E-state index contributed by atoms with van der Waals surface area (Å²) < 4.78 is 57.5. The largest absolute Gasteiger partial charge is 0.343 e. The predicted octanol–water partition coefficient (Wildman–Crippen LogP) is 1.37. The van der Waals surface area contributed by atoms with Crippen LogP contribution in [0.1, 0.15) is 20.3 Å². The van der Waals surface area contributed by atoms with Gasteiger partial charge in [0.15, 0.2) is 0 Å². The maximum atomic E-state index is 13.5. The van der Waals surface area contributed by atoms with Gasteiger partial charge in [0.05, 0.1) is 18.3 Å². The zero-order chi connectivity index (χ0) is 11.9. The van der Waals surface area contributed by atoms with Crippen LogP contribution in [0.4, 0.5) is 8.78 Å². The highest BCUT2D eigenvalue weighted by atomic mass is 32.2. The Balaban J connectivity index is 2.84. The van der Waals surface area contributed by atoms with Crippen LogP contribution in [0.2, 0.25) is 0 Å². The standard InChI is InChI=1S/C8H14F2O4S/c1-4-6-5(2)8(9,10)7(13-6)14-15(3,11)12/h5-7H,4H2,1-3H3/t5-,6+,7?/m0/s1. The van der Waals surface area contributed by atoms with Crippen LogP contribution in [-0.2, 0) is 19.0 Å². The van der Waals surface area contributed by atoms with E-state index in [9.17, 15) is 17.2 Å². The van der Waals surface area contributed by atoms with Gasteiger partial charge in [-0.1, -0.05) is 13.8 Å². The minimum absolute atomic E-state index is 0.389. The van der Waals surface area contributed by atoms with Gasteiger partial charge >= 0.3 is 5.92 Å². The summed E-state index contributed by atoms with van der Waals surface area (Å²) in [5.41, 5.74) is 0. The number of ether oxygens (including phenoxy) is 1. The second-order valence-corrected chi connectivity index (χ2v) is 5.28. The van der Waals surface area contributed by atoms with Gasteiger partial charge in [0.1, 0.15) is 0 Å². The minimum Gasteiger partial charge on any atom is -0.343 e. The van der Waals surface area contributed by atoms with E-state index in [0.717, 1.165) is 6.26 Å². The van der Waals surface area contributed by atoms with Gasteiger partial charge in [-0.15, -0.1) is 0 Å². The van der Waals surface area contributed by atoms with E-state index in [-0.39, 0.29) is 0 Å². The minimum atomic E-state index is -3.94. The van der Waals surface area contributed by atoms with Crippen LogP contribution in [0.25, 0.3) is 0 Å². The van der Waals surface area contributed by atoms with Crippen LogP contribution in [0.5, 0.6) is 0 Å². The van der Waals surface area contributed by atoms with Gasteiger partial charge in [-0.25, -0.2) is 13.0 Å². The van der Waals surface area contributed by atoms with Crippen LogP contribution >= 0.6 is 0 Å². The summed E-state index contributed by atoms with van der Waals surface area (Å²) in [7, 11) is -3.94. The van der Waals surface area contributed by atoms with Gasteiger partial charge in [-0.05, 0) is 6.42 Å². The molecule has 0 radical (unpaired) electrons. The molecule has 1 fully saturated rings. The van der Waals surface area contributed by atoms with Crippen LogP contribution in [0.15, 0.2) is 0 Å². The monoisotopic (exact) mass is 244 g/mol. The Kier molecular flexibility index (Phi) is 3.37. The Morgan fingerprint density at radius 1 is 1.47 bits per heavy atom. The topological polar surface area (TPSA) is 52.6 Å². The van der Waals surface area contributed by atoms with E-state index >= 15 is 0 Å². The molecule has 0 N–H and O–H groups in total. The molecule has 0 bridgehead atoms. The highest BCUT2D eigenvalue weighted by molar-refractivity contribution is 7.86. The van der Waals surface area contributed by atoms with E-state index in [4.69, 9.17) is 4.74 Å². The lowest BCUT2D eigenvalue weighted by molar-refractivity contribution is -0.174. The molecule has 4 nitrogen and oxygen atoms in total. The fourth-order valence-electron chi connectivity index (χ4n) is 1.53. The van der Waals surface area contributed by atoms with Crippen molar-refractivity contribution >= 4 is 10.1 Å². The molecule has 0 saturated carbocycles. The normalized spacial score (nSPS) is 35.7. The molecule has 1 aliphatic rings. The SMILES string of the molecule is CC[C@H]1OC(OS(C)(=O)=O)C(F)(F)[C@H]1C. The first-order valence-corrected chi connectivity index (χ1v) is 6.41. The van der Waals surface area contributed by atoms with Crippen molar-refractivity contribution in [3.8, 4) is 0 Å². The molecule has 0 aromatic heterocycles. The molecular weight excluding hydrogens is 230 g/mol. The van der Waals surface area contributed by atoms with Crippen molar-refractivity contribution in [3.63, 3.8) is 0 Å². The molecule has 1 unspecified atom stereocenters. The average molecular weight is 244 g/mol. The van der Waals surface area contributed by atoms with Crippen molar-refractivity contribution in [1.82, 2.24) is 0 Å². The number of rotatable bonds is 3. The lowest BCUT2D eigenvalue weighted by atomic mass is 9.98. The number of hydrogen-bond acceptors (Lipinski definition) is 4. The zero-order valence-corrected chi connectivity index (χ0v) is 9.55. The van der Waals surface area contributed by atoms with E-state index < -0.39 is 34.4 Å². The van der Waals surface area contributed by atoms with E-state index in [1.165, 1.54) is 6.92 Å². The van der Waals surface area contributed by atoms with Gasteiger partial charge in [-0.3, -0.25) is 0 Å². The lowest BCUT2D eigenvalue weighted by Gasteiger charge is -2.19. The molecule has 90 valence electrons. The predicted molar refractivity (Wildman–Crippen MR) is 49.0 cm³/mol. The average Bonchev–Trinajstić information content (AvgIpc) is 2.26. The molecular formula is C8H14F2O4S. The molecule has 0 aliphatic carbocycles. The van der Waals surface area contributed by atoms with Gasteiger partial charge in [0, 0.05) is 0 Å². The Hall–Kier alpha value is -0.270. The smallest absolute Gasteiger partial charge is 0.304 e. The second kappa shape index (κ2) is 3.95. The van der Waals surface area contributed by atoms with Crippen molar-refractivity contribution in [3.05, 3.63) is 0 Å².